The minimum absolute atomic E-state index is 0.0782. The summed E-state index contributed by atoms with van der Waals surface area (Å²) < 4.78 is 11.1. The molecule has 1 amide bonds. The minimum Gasteiger partial charge on any atom is -0.490 e. The smallest absolute Gasteiger partial charge is 0.335 e. The monoisotopic (exact) mass is 404 g/mol. The van der Waals surface area contributed by atoms with Crippen molar-refractivity contribution >= 4 is 29.4 Å². The molecule has 0 aliphatic carbocycles. The number of hydrogen-bond acceptors (Lipinski definition) is 5. The highest BCUT2D eigenvalue weighted by molar-refractivity contribution is 6.32. The Kier molecular flexibility index (Phi) is 6.18. The Hall–Kier alpha value is -4.05. The normalized spacial score (nSPS) is 14.4. The summed E-state index contributed by atoms with van der Waals surface area (Å²) in [5, 5.41) is 14.7. The van der Waals surface area contributed by atoms with E-state index in [1.54, 1.807) is 43.3 Å². The molecule has 0 aromatic heterocycles. The number of carboxylic acid groups (broad SMARTS) is 1. The van der Waals surface area contributed by atoms with E-state index in [1.807, 2.05) is 6.92 Å². The number of benzene rings is 2. The van der Waals surface area contributed by atoms with E-state index < -0.39 is 5.97 Å². The number of anilines is 1. The Balaban J connectivity index is 1.91. The van der Waals surface area contributed by atoms with E-state index in [2.05, 4.69) is 11.0 Å². The second-order valence-electron chi connectivity index (χ2n) is 6.35. The van der Waals surface area contributed by atoms with Gasteiger partial charge in [0.1, 0.15) is 6.61 Å². The summed E-state index contributed by atoms with van der Waals surface area (Å²) in [6, 6.07) is 11.3. The molecule has 152 valence electrons. The molecular weight excluding hydrogens is 384 g/mol. The fraction of sp³-hybridized carbons (Fsp3) is 0.174. The zero-order valence-electron chi connectivity index (χ0n) is 16.6. The molecule has 1 aliphatic heterocycles. The first-order valence-corrected chi connectivity index (χ1v) is 9.22. The first-order chi connectivity index (χ1) is 14.4. The van der Waals surface area contributed by atoms with Crippen LogP contribution in [0.5, 0.6) is 11.5 Å². The third-order valence-corrected chi connectivity index (χ3v) is 4.29. The van der Waals surface area contributed by atoms with Gasteiger partial charge in [0.25, 0.3) is 5.91 Å². The van der Waals surface area contributed by atoms with Crippen molar-refractivity contribution in [1.29, 1.82) is 0 Å². The Bertz CT molecular complexity index is 1100. The highest BCUT2D eigenvalue weighted by Gasteiger charge is 2.29. The van der Waals surface area contributed by atoms with E-state index in [9.17, 15) is 14.7 Å². The Morgan fingerprint density at radius 1 is 1.23 bits per heavy atom. The zero-order chi connectivity index (χ0) is 21.7. The fourth-order valence-electron chi connectivity index (χ4n) is 2.92. The number of nitrogens with zero attached hydrogens (tertiary/aromatic N) is 2. The lowest BCUT2D eigenvalue weighted by Gasteiger charge is -2.12. The molecule has 1 N–H and O–H groups in total. The molecule has 0 saturated heterocycles. The quantitative estimate of drug-likeness (QED) is 0.563. The van der Waals surface area contributed by atoms with Crippen molar-refractivity contribution in [2.45, 2.75) is 13.8 Å². The number of rotatable bonds is 7. The van der Waals surface area contributed by atoms with Crippen LogP contribution in [0.1, 0.15) is 29.8 Å². The van der Waals surface area contributed by atoms with E-state index in [0.717, 1.165) is 5.56 Å². The number of carbonyl (C=O) groups is 2. The molecule has 1 aliphatic rings. The van der Waals surface area contributed by atoms with Gasteiger partial charge >= 0.3 is 5.97 Å². The molecule has 0 spiro atoms. The number of terminal acetylenes is 1. The molecule has 0 radical (unpaired) electrons. The Labute approximate surface area is 174 Å². The maximum absolute atomic E-state index is 12.9. The lowest BCUT2D eigenvalue weighted by Crippen LogP contribution is -2.21. The van der Waals surface area contributed by atoms with E-state index in [-0.39, 0.29) is 18.1 Å². The molecule has 30 heavy (non-hydrogen) atoms. The van der Waals surface area contributed by atoms with Crippen LogP contribution in [0.2, 0.25) is 0 Å². The van der Waals surface area contributed by atoms with Crippen molar-refractivity contribution in [3.8, 4) is 23.8 Å². The van der Waals surface area contributed by atoms with E-state index in [1.165, 1.54) is 17.1 Å². The van der Waals surface area contributed by atoms with Crippen LogP contribution in [0.4, 0.5) is 5.69 Å². The van der Waals surface area contributed by atoms with Crippen LogP contribution in [-0.2, 0) is 4.79 Å². The summed E-state index contributed by atoms with van der Waals surface area (Å²) in [6.45, 7) is 4.14. The number of hydrogen-bond donors (Lipinski definition) is 1. The predicted molar refractivity (Wildman–Crippen MR) is 114 cm³/mol. The summed E-state index contributed by atoms with van der Waals surface area (Å²) in [6.07, 6.45) is 6.95. The largest absolute Gasteiger partial charge is 0.490 e. The number of amides is 1. The SMILES string of the molecule is C#CCOc1ccc(/C=C2/C(=O)N(c3cccc(C(=O)O)c3)N=C2C)cc1OCC. The third kappa shape index (κ3) is 4.33. The summed E-state index contributed by atoms with van der Waals surface area (Å²) in [5.74, 6) is 2.03. The molecule has 0 saturated carbocycles. The van der Waals surface area contributed by atoms with Crippen LogP contribution in [0, 0.1) is 12.3 Å². The molecule has 2 aromatic rings. The van der Waals surface area contributed by atoms with Crippen LogP contribution in [-0.4, -0.2) is 35.9 Å². The standard InChI is InChI=1S/C23H20N2O5/c1-4-11-30-20-10-9-16(13-21(20)29-5-2)12-19-15(3)24-25(22(19)26)18-8-6-7-17(14-18)23(27)28/h1,6-10,12-14H,5,11H2,2-3H3,(H,27,28)/b19-12+. The first-order valence-electron chi connectivity index (χ1n) is 9.22. The van der Waals surface area contributed by atoms with E-state index >= 15 is 0 Å². The Morgan fingerprint density at radius 3 is 2.73 bits per heavy atom. The highest BCUT2D eigenvalue weighted by Crippen LogP contribution is 2.31. The molecule has 0 unspecified atom stereocenters. The van der Waals surface area contributed by atoms with Gasteiger partial charge in [0.2, 0.25) is 0 Å². The van der Waals surface area contributed by atoms with Gasteiger partial charge in [-0.1, -0.05) is 18.1 Å². The molecule has 2 aromatic carbocycles. The van der Waals surface area contributed by atoms with Gasteiger partial charge in [-0.2, -0.15) is 10.1 Å². The molecule has 1 heterocycles. The molecule has 7 heteroatoms. The summed E-state index contributed by atoms with van der Waals surface area (Å²) >= 11 is 0. The third-order valence-electron chi connectivity index (χ3n) is 4.29. The molecule has 0 bridgehead atoms. The van der Waals surface area contributed by atoms with Crippen molar-refractivity contribution in [2.24, 2.45) is 5.10 Å². The van der Waals surface area contributed by atoms with Gasteiger partial charge in [0.05, 0.1) is 29.1 Å². The number of carboxylic acids is 1. The number of ether oxygens (including phenoxy) is 2. The van der Waals surface area contributed by atoms with Gasteiger partial charge in [-0.25, -0.2) is 4.79 Å². The van der Waals surface area contributed by atoms with Crippen molar-refractivity contribution in [2.75, 3.05) is 18.2 Å². The van der Waals surface area contributed by atoms with Gasteiger partial charge in [-0.15, -0.1) is 6.42 Å². The summed E-state index contributed by atoms with van der Waals surface area (Å²) in [5.41, 5.74) is 2.11. The van der Waals surface area contributed by atoms with E-state index in [0.29, 0.717) is 35.1 Å². The van der Waals surface area contributed by atoms with Gasteiger partial charge < -0.3 is 14.6 Å². The summed E-state index contributed by atoms with van der Waals surface area (Å²) in [4.78, 5) is 24.2. The average Bonchev–Trinajstić information content (AvgIpc) is 3.02. The van der Waals surface area contributed by atoms with Crippen LogP contribution < -0.4 is 14.5 Å². The molecule has 0 fully saturated rings. The number of carbonyl (C=O) groups excluding carboxylic acids is 1. The fourth-order valence-corrected chi connectivity index (χ4v) is 2.92. The van der Waals surface area contributed by atoms with Crippen molar-refractivity contribution in [3.63, 3.8) is 0 Å². The van der Waals surface area contributed by atoms with Crippen molar-refractivity contribution < 1.29 is 24.2 Å². The van der Waals surface area contributed by atoms with Crippen LogP contribution in [0.15, 0.2) is 53.1 Å². The zero-order valence-corrected chi connectivity index (χ0v) is 16.6. The number of aromatic carboxylic acids is 1. The maximum Gasteiger partial charge on any atom is 0.335 e. The molecular formula is C23H20N2O5. The highest BCUT2D eigenvalue weighted by atomic mass is 16.5. The lowest BCUT2D eigenvalue weighted by atomic mass is 10.1. The van der Waals surface area contributed by atoms with Crippen molar-refractivity contribution in [1.82, 2.24) is 0 Å². The molecule has 0 atom stereocenters. The second-order valence-corrected chi connectivity index (χ2v) is 6.35. The topological polar surface area (TPSA) is 88.4 Å². The Morgan fingerprint density at radius 2 is 2.03 bits per heavy atom. The van der Waals surface area contributed by atoms with Gasteiger partial charge in [0, 0.05) is 0 Å². The average molecular weight is 404 g/mol. The first kappa shape index (κ1) is 20.7. The van der Waals surface area contributed by atoms with Gasteiger partial charge in [-0.05, 0) is 55.8 Å². The van der Waals surface area contributed by atoms with Gasteiger partial charge in [0.15, 0.2) is 11.5 Å². The van der Waals surface area contributed by atoms with E-state index in [4.69, 9.17) is 15.9 Å². The molecule has 3 rings (SSSR count). The van der Waals surface area contributed by atoms with Crippen LogP contribution in [0.25, 0.3) is 6.08 Å². The lowest BCUT2D eigenvalue weighted by molar-refractivity contribution is -0.114. The maximum atomic E-state index is 12.9. The summed E-state index contributed by atoms with van der Waals surface area (Å²) in [7, 11) is 0. The molecule has 7 nitrogen and oxygen atoms in total. The second kappa shape index (κ2) is 8.97. The van der Waals surface area contributed by atoms with Crippen LogP contribution >= 0.6 is 0 Å². The number of hydrazone groups is 1. The van der Waals surface area contributed by atoms with Crippen molar-refractivity contribution in [3.05, 3.63) is 59.2 Å². The minimum atomic E-state index is -1.07. The van der Waals surface area contributed by atoms with Gasteiger partial charge in [-0.3, -0.25) is 4.79 Å². The van der Waals surface area contributed by atoms with Crippen LogP contribution in [0.3, 0.4) is 0 Å². The predicted octanol–water partition coefficient (Wildman–Crippen LogP) is 3.60.